The van der Waals surface area contributed by atoms with Gasteiger partial charge in [0.15, 0.2) is 11.4 Å². The fourth-order valence-electron chi connectivity index (χ4n) is 3.80. The van der Waals surface area contributed by atoms with Gasteiger partial charge in [0.2, 0.25) is 11.8 Å². The van der Waals surface area contributed by atoms with E-state index < -0.39 is 54.5 Å². The maximum absolute atomic E-state index is 12.8. The summed E-state index contributed by atoms with van der Waals surface area (Å²) in [6, 6.07) is 5.21. The summed E-state index contributed by atoms with van der Waals surface area (Å²) < 4.78 is 5.13. The van der Waals surface area contributed by atoms with Crippen LogP contribution in [0.3, 0.4) is 0 Å². The van der Waals surface area contributed by atoms with Gasteiger partial charge in [0, 0.05) is 6.54 Å². The molecule has 9 nitrogen and oxygen atoms in total. The van der Waals surface area contributed by atoms with Crippen LogP contribution in [0.2, 0.25) is 0 Å². The number of fused-ring (bicyclic) bond motifs is 1. The van der Waals surface area contributed by atoms with Crippen LogP contribution < -0.4 is 16.0 Å². The number of epoxide rings is 1. The summed E-state index contributed by atoms with van der Waals surface area (Å²) in [5.74, 6) is -1.35. The first-order valence-electron chi connectivity index (χ1n) is 10.6. The zero-order valence-electron chi connectivity index (χ0n) is 17.9. The lowest BCUT2D eigenvalue weighted by Gasteiger charge is -2.28. The minimum Gasteiger partial charge on any atom is -0.394 e. The fourth-order valence-corrected chi connectivity index (χ4v) is 3.80. The summed E-state index contributed by atoms with van der Waals surface area (Å²) in [5.41, 5.74) is 0.926. The predicted molar refractivity (Wildman–Crippen MR) is 112 cm³/mol. The van der Waals surface area contributed by atoms with Crippen LogP contribution >= 0.6 is 0 Å². The quantitative estimate of drug-likeness (QED) is 0.299. The van der Waals surface area contributed by atoms with Crippen molar-refractivity contribution in [1.29, 1.82) is 0 Å². The van der Waals surface area contributed by atoms with E-state index >= 15 is 0 Å². The van der Waals surface area contributed by atoms with Gasteiger partial charge in [0.05, 0.1) is 31.9 Å². The zero-order chi connectivity index (χ0) is 22.6. The van der Waals surface area contributed by atoms with Crippen molar-refractivity contribution in [1.82, 2.24) is 16.0 Å². The third kappa shape index (κ3) is 5.48. The number of benzene rings is 1. The van der Waals surface area contributed by atoms with Gasteiger partial charge in [-0.15, -0.1) is 0 Å². The maximum Gasteiger partial charge on any atom is 0.245 e. The molecule has 31 heavy (non-hydrogen) atoms. The molecule has 1 aromatic carbocycles. The van der Waals surface area contributed by atoms with Crippen molar-refractivity contribution in [2.75, 3.05) is 19.8 Å². The van der Waals surface area contributed by atoms with E-state index in [2.05, 4.69) is 16.0 Å². The molecule has 5 N–H and O–H groups in total. The number of ether oxygens (including phenoxy) is 1. The van der Waals surface area contributed by atoms with E-state index in [1.807, 2.05) is 38.1 Å². The van der Waals surface area contributed by atoms with Gasteiger partial charge < -0.3 is 30.9 Å². The molecule has 0 aromatic heterocycles. The highest BCUT2D eigenvalue weighted by atomic mass is 16.6. The van der Waals surface area contributed by atoms with Crippen LogP contribution in [0.5, 0.6) is 0 Å². The van der Waals surface area contributed by atoms with Crippen LogP contribution in [0.1, 0.15) is 31.4 Å². The van der Waals surface area contributed by atoms with E-state index in [1.165, 1.54) is 0 Å². The van der Waals surface area contributed by atoms with Gasteiger partial charge >= 0.3 is 0 Å². The molecule has 4 atom stereocenters. The topological polar surface area (TPSA) is 140 Å². The van der Waals surface area contributed by atoms with Crippen LogP contribution in [-0.2, 0) is 32.1 Å². The molecule has 0 radical (unpaired) electrons. The first kappa shape index (κ1) is 23.3. The molecule has 9 heteroatoms. The van der Waals surface area contributed by atoms with Crippen molar-refractivity contribution in [2.24, 2.45) is 5.92 Å². The van der Waals surface area contributed by atoms with E-state index in [4.69, 9.17) is 4.74 Å². The summed E-state index contributed by atoms with van der Waals surface area (Å²) in [6.07, 6.45) is 0.829. The van der Waals surface area contributed by atoms with Gasteiger partial charge in [0.1, 0.15) is 6.04 Å². The highest BCUT2D eigenvalue weighted by Gasteiger charge is 2.54. The molecule has 0 bridgehead atoms. The van der Waals surface area contributed by atoms with Gasteiger partial charge in [-0.25, -0.2) is 0 Å². The summed E-state index contributed by atoms with van der Waals surface area (Å²) in [6.45, 7) is 3.41. The molecule has 3 rings (SSSR count). The smallest absolute Gasteiger partial charge is 0.245 e. The van der Waals surface area contributed by atoms with Crippen molar-refractivity contribution in [3.05, 3.63) is 35.4 Å². The summed E-state index contributed by atoms with van der Waals surface area (Å²) in [4.78, 5) is 38.2. The normalized spacial score (nSPS) is 24.1. The SMILES string of the molecule is CC(C)C[C@H](NC(=O)[C@H](CO)NC(=O)C1Cc2ccccc2CN1)C(=O)[C@@]1(CO)CO1. The summed E-state index contributed by atoms with van der Waals surface area (Å²) in [5, 5.41) is 27.5. The molecule has 2 aliphatic rings. The molecule has 0 saturated carbocycles. The van der Waals surface area contributed by atoms with Gasteiger partial charge in [-0.1, -0.05) is 38.1 Å². The minimum atomic E-state index is -1.26. The molecule has 1 fully saturated rings. The predicted octanol–water partition coefficient (Wildman–Crippen LogP) is -0.961. The van der Waals surface area contributed by atoms with Crippen LogP contribution in [-0.4, -0.2) is 71.4 Å². The van der Waals surface area contributed by atoms with Crippen molar-refractivity contribution >= 4 is 17.6 Å². The molecule has 2 heterocycles. The second-order valence-corrected chi connectivity index (χ2v) is 8.65. The average molecular weight is 434 g/mol. The van der Waals surface area contributed by atoms with Crippen molar-refractivity contribution in [2.45, 2.75) is 57.0 Å². The number of rotatable bonds is 10. The average Bonchev–Trinajstić information content (AvgIpc) is 3.56. The van der Waals surface area contributed by atoms with Crippen LogP contribution in [0.4, 0.5) is 0 Å². The van der Waals surface area contributed by atoms with E-state index in [-0.39, 0.29) is 12.5 Å². The van der Waals surface area contributed by atoms with Crippen molar-refractivity contribution in [3.8, 4) is 0 Å². The third-order valence-corrected chi connectivity index (χ3v) is 5.75. The Kier molecular flexibility index (Phi) is 7.42. The monoisotopic (exact) mass is 433 g/mol. The van der Waals surface area contributed by atoms with Crippen molar-refractivity contribution in [3.63, 3.8) is 0 Å². The number of aliphatic hydroxyl groups is 2. The lowest BCUT2D eigenvalue weighted by atomic mass is 9.92. The van der Waals surface area contributed by atoms with Crippen LogP contribution in [0.15, 0.2) is 24.3 Å². The minimum absolute atomic E-state index is 0.0948. The number of aliphatic hydroxyl groups excluding tert-OH is 2. The molecule has 1 aromatic rings. The number of ketones is 1. The standard InChI is InChI=1S/C22H31N3O6/c1-13(2)7-16(19(28)22(11-27)12-31-22)24-21(30)18(10-26)25-20(29)17-8-14-5-3-4-6-15(14)9-23-17/h3-6,13,16-18,23,26-27H,7-12H2,1-2H3,(H,24,30)(H,25,29)/t16-,17?,18-,22+/m0/s1. The molecule has 0 spiro atoms. The molecular formula is C22H31N3O6. The number of carbonyl (C=O) groups is 3. The van der Waals surface area contributed by atoms with Crippen LogP contribution in [0.25, 0.3) is 0 Å². The van der Waals surface area contributed by atoms with Gasteiger partial charge in [0.25, 0.3) is 0 Å². The number of amides is 2. The highest BCUT2D eigenvalue weighted by Crippen LogP contribution is 2.30. The van der Waals surface area contributed by atoms with Crippen LogP contribution in [0, 0.1) is 5.92 Å². The van der Waals surface area contributed by atoms with E-state index in [9.17, 15) is 24.6 Å². The molecule has 1 unspecified atom stereocenters. The molecule has 0 aliphatic carbocycles. The fraction of sp³-hybridized carbons (Fsp3) is 0.591. The number of hydrogen-bond donors (Lipinski definition) is 5. The maximum atomic E-state index is 12.8. The lowest BCUT2D eigenvalue weighted by molar-refractivity contribution is -0.135. The van der Waals surface area contributed by atoms with Gasteiger partial charge in [-0.2, -0.15) is 0 Å². The third-order valence-electron chi connectivity index (χ3n) is 5.75. The van der Waals surface area contributed by atoms with E-state index in [0.29, 0.717) is 19.4 Å². The molecule has 170 valence electrons. The van der Waals surface area contributed by atoms with Crippen molar-refractivity contribution < 1.29 is 29.3 Å². The lowest BCUT2D eigenvalue weighted by Crippen LogP contribution is -2.58. The second kappa shape index (κ2) is 9.86. The number of nitrogens with one attached hydrogen (secondary N) is 3. The Morgan fingerprint density at radius 3 is 2.42 bits per heavy atom. The zero-order valence-corrected chi connectivity index (χ0v) is 17.9. The van der Waals surface area contributed by atoms with E-state index in [1.54, 1.807) is 0 Å². The number of hydrogen-bond acceptors (Lipinski definition) is 7. The highest BCUT2D eigenvalue weighted by molar-refractivity contribution is 5.98. The Labute approximate surface area is 181 Å². The molecule has 2 aliphatic heterocycles. The van der Waals surface area contributed by atoms with E-state index in [0.717, 1.165) is 11.1 Å². The number of Topliss-reactive ketones (excluding diaryl/α,β-unsaturated/α-hetero) is 1. The first-order chi connectivity index (χ1) is 14.8. The largest absolute Gasteiger partial charge is 0.394 e. The van der Waals surface area contributed by atoms with Gasteiger partial charge in [-0.3, -0.25) is 14.4 Å². The Balaban J connectivity index is 1.62. The second-order valence-electron chi connectivity index (χ2n) is 8.65. The van der Waals surface area contributed by atoms with Gasteiger partial charge in [-0.05, 0) is 29.9 Å². The Morgan fingerprint density at radius 1 is 1.16 bits per heavy atom. The molecule has 1 saturated heterocycles. The Morgan fingerprint density at radius 2 is 1.84 bits per heavy atom. The molecule has 2 amide bonds. The summed E-state index contributed by atoms with van der Waals surface area (Å²) in [7, 11) is 0. The Bertz CT molecular complexity index is 823. The summed E-state index contributed by atoms with van der Waals surface area (Å²) >= 11 is 0. The first-order valence-corrected chi connectivity index (χ1v) is 10.6. The Hall–Kier alpha value is -2.33. The molecular weight excluding hydrogens is 402 g/mol. The number of carbonyl (C=O) groups excluding carboxylic acids is 3.